The van der Waals surface area contributed by atoms with E-state index in [0.717, 1.165) is 6.42 Å². The summed E-state index contributed by atoms with van der Waals surface area (Å²) in [5.41, 5.74) is 1.83. The SMILES string of the molecule is CCCN1C(=O)/C(=C/c2cccc(OC)c2OC)C(C(=O)OC)=C1C. The van der Waals surface area contributed by atoms with E-state index in [9.17, 15) is 9.59 Å². The maximum atomic E-state index is 12.8. The predicted octanol–water partition coefficient (Wildman–Crippen LogP) is 2.79. The van der Waals surface area contributed by atoms with Gasteiger partial charge in [-0.05, 0) is 25.5 Å². The summed E-state index contributed by atoms with van der Waals surface area (Å²) < 4.78 is 15.6. The van der Waals surface area contributed by atoms with Gasteiger partial charge in [-0.15, -0.1) is 0 Å². The third-order valence-corrected chi connectivity index (χ3v) is 4.08. The molecule has 6 nitrogen and oxygen atoms in total. The second-order valence-electron chi connectivity index (χ2n) is 5.55. The highest BCUT2D eigenvalue weighted by Crippen LogP contribution is 2.36. The Balaban J connectivity index is 2.62. The maximum absolute atomic E-state index is 12.8. The van der Waals surface area contributed by atoms with Crippen molar-refractivity contribution >= 4 is 18.0 Å². The first-order valence-electron chi connectivity index (χ1n) is 8.04. The van der Waals surface area contributed by atoms with E-state index in [1.807, 2.05) is 6.92 Å². The number of methoxy groups -OCH3 is 3. The number of esters is 1. The molecule has 25 heavy (non-hydrogen) atoms. The second-order valence-corrected chi connectivity index (χ2v) is 5.55. The first kappa shape index (κ1) is 18.6. The van der Waals surface area contributed by atoms with Gasteiger partial charge in [-0.3, -0.25) is 4.79 Å². The molecule has 0 fully saturated rings. The van der Waals surface area contributed by atoms with Crippen molar-refractivity contribution in [1.82, 2.24) is 4.90 Å². The van der Waals surface area contributed by atoms with Crippen LogP contribution in [0.2, 0.25) is 0 Å². The predicted molar refractivity (Wildman–Crippen MR) is 94.2 cm³/mol. The Hall–Kier alpha value is -2.76. The van der Waals surface area contributed by atoms with Crippen LogP contribution in [-0.4, -0.2) is 44.7 Å². The van der Waals surface area contributed by atoms with Crippen molar-refractivity contribution in [2.75, 3.05) is 27.9 Å². The molecule has 0 saturated heterocycles. The molecule has 0 aliphatic carbocycles. The smallest absolute Gasteiger partial charge is 0.340 e. The molecule has 0 saturated carbocycles. The number of nitrogens with zero attached hydrogens (tertiary/aromatic N) is 1. The molecule has 1 aliphatic rings. The number of rotatable bonds is 6. The Kier molecular flexibility index (Phi) is 5.85. The van der Waals surface area contributed by atoms with Crippen molar-refractivity contribution in [1.29, 1.82) is 0 Å². The van der Waals surface area contributed by atoms with Crippen LogP contribution in [0.15, 0.2) is 35.0 Å². The fraction of sp³-hybridized carbons (Fsp3) is 0.368. The molecule has 0 N–H and O–H groups in total. The molecule has 0 bridgehead atoms. The Labute approximate surface area is 147 Å². The Morgan fingerprint density at radius 2 is 1.92 bits per heavy atom. The van der Waals surface area contributed by atoms with E-state index in [-0.39, 0.29) is 11.5 Å². The fourth-order valence-corrected chi connectivity index (χ4v) is 2.90. The van der Waals surface area contributed by atoms with Crippen LogP contribution in [-0.2, 0) is 14.3 Å². The van der Waals surface area contributed by atoms with Gasteiger partial charge in [0.05, 0.1) is 32.5 Å². The molecule has 1 heterocycles. The number of ether oxygens (including phenoxy) is 3. The monoisotopic (exact) mass is 345 g/mol. The lowest BCUT2D eigenvalue weighted by atomic mass is 10.0. The molecule has 0 unspecified atom stereocenters. The largest absolute Gasteiger partial charge is 0.493 e. The third kappa shape index (κ3) is 3.38. The Morgan fingerprint density at radius 1 is 1.20 bits per heavy atom. The third-order valence-electron chi connectivity index (χ3n) is 4.08. The van der Waals surface area contributed by atoms with Gasteiger partial charge >= 0.3 is 5.97 Å². The van der Waals surface area contributed by atoms with Gasteiger partial charge in [0.25, 0.3) is 5.91 Å². The lowest BCUT2D eigenvalue weighted by molar-refractivity contribution is -0.136. The van der Waals surface area contributed by atoms with Crippen LogP contribution in [0.25, 0.3) is 6.08 Å². The van der Waals surface area contributed by atoms with Crippen LogP contribution < -0.4 is 9.47 Å². The summed E-state index contributed by atoms with van der Waals surface area (Å²) in [4.78, 5) is 26.7. The van der Waals surface area contributed by atoms with Crippen LogP contribution in [0.1, 0.15) is 25.8 Å². The molecule has 1 aromatic carbocycles. The summed E-state index contributed by atoms with van der Waals surface area (Å²) >= 11 is 0. The van der Waals surface area contributed by atoms with Crippen molar-refractivity contribution < 1.29 is 23.8 Å². The van der Waals surface area contributed by atoms with E-state index in [1.165, 1.54) is 14.2 Å². The topological polar surface area (TPSA) is 65.1 Å². The first-order valence-corrected chi connectivity index (χ1v) is 8.04. The number of carbonyl (C=O) groups excluding carboxylic acids is 2. The fourth-order valence-electron chi connectivity index (χ4n) is 2.90. The number of hydrogen-bond donors (Lipinski definition) is 0. The number of para-hydroxylation sites is 1. The first-order chi connectivity index (χ1) is 12.0. The minimum atomic E-state index is -0.530. The Morgan fingerprint density at radius 3 is 2.48 bits per heavy atom. The molecular formula is C19H23NO5. The van der Waals surface area contributed by atoms with Gasteiger partial charge in [-0.1, -0.05) is 19.1 Å². The van der Waals surface area contributed by atoms with Gasteiger partial charge in [-0.25, -0.2) is 4.79 Å². The van der Waals surface area contributed by atoms with Gasteiger partial charge in [-0.2, -0.15) is 0 Å². The van der Waals surface area contributed by atoms with Crippen LogP contribution in [0, 0.1) is 0 Å². The van der Waals surface area contributed by atoms with E-state index in [4.69, 9.17) is 14.2 Å². The van der Waals surface area contributed by atoms with Crippen molar-refractivity contribution in [3.63, 3.8) is 0 Å². The zero-order valence-corrected chi connectivity index (χ0v) is 15.2. The quantitative estimate of drug-likeness (QED) is 0.586. The van der Waals surface area contributed by atoms with Crippen molar-refractivity contribution in [2.45, 2.75) is 20.3 Å². The molecule has 1 aliphatic heterocycles. The van der Waals surface area contributed by atoms with Crippen molar-refractivity contribution in [2.24, 2.45) is 0 Å². The lowest BCUT2D eigenvalue weighted by Crippen LogP contribution is -2.25. The van der Waals surface area contributed by atoms with Crippen molar-refractivity contribution in [3.05, 3.63) is 40.6 Å². The molecule has 6 heteroatoms. The van der Waals surface area contributed by atoms with Crippen LogP contribution in [0.5, 0.6) is 11.5 Å². The van der Waals surface area contributed by atoms with E-state index in [0.29, 0.717) is 34.9 Å². The summed E-state index contributed by atoms with van der Waals surface area (Å²) in [6, 6.07) is 5.36. The number of hydrogen-bond acceptors (Lipinski definition) is 5. The lowest BCUT2D eigenvalue weighted by Gasteiger charge is -2.16. The van der Waals surface area contributed by atoms with Gasteiger partial charge in [0.1, 0.15) is 0 Å². The van der Waals surface area contributed by atoms with E-state index in [2.05, 4.69) is 0 Å². The van der Waals surface area contributed by atoms with E-state index < -0.39 is 5.97 Å². The van der Waals surface area contributed by atoms with Gasteiger partial charge in [0.2, 0.25) is 0 Å². The highest BCUT2D eigenvalue weighted by Gasteiger charge is 2.36. The van der Waals surface area contributed by atoms with E-state index in [1.54, 1.807) is 43.2 Å². The van der Waals surface area contributed by atoms with Gasteiger partial charge in [0, 0.05) is 17.8 Å². The van der Waals surface area contributed by atoms with Gasteiger partial charge < -0.3 is 19.1 Å². The highest BCUT2D eigenvalue weighted by molar-refractivity contribution is 6.16. The molecule has 0 aromatic heterocycles. The maximum Gasteiger partial charge on any atom is 0.340 e. The summed E-state index contributed by atoms with van der Waals surface area (Å²) in [6.07, 6.45) is 2.43. The normalized spacial score (nSPS) is 15.8. The molecule has 0 spiro atoms. The molecular weight excluding hydrogens is 322 g/mol. The average molecular weight is 345 g/mol. The number of allylic oxidation sites excluding steroid dienone is 1. The summed E-state index contributed by atoms with van der Waals surface area (Å²) in [5, 5.41) is 0. The van der Waals surface area contributed by atoms with Crippen molar-refractivity contribution in [3.8, 4) is 11.5 Å². The minimum absolute atomic E-state index is 0.218. The molecule has 0 radical (unpaired) electrons. The van der Waals surface area contributed by atoms with Crippen LogP contribution >= 0.6 is 0 Å². The van der Waals surface area contributed by atoms with E-state index >= 15 is 0 Å². The summed E-state index contributed by atoms with van der Waals surface area (Å²) in [5.74, 6) is 0.302. The average Bonchev–Trinajstić information content (AvgIpc) is 2.85. The summed E-state index contributed by atoms with van der Waals surface area (Å²) in [7, 11) is 4.38. The zero-order valence-electron chi connectivity index (χ0n) is 15.2. The minimum Gasteiger partial charge on any atom is -0.493 e. The molecule has 0 atom stereocenters. The number of benzene rings is 1. The molecule has 1 amide bonds. The standard InChI is InChI=1S/C19H23NO5/c1-6-10-20-12(2)16(19(22)25-5)14(18(20)21)11-13-8-7-9-15(23-3)17(13)24-4/h7-9,11H,6,10H2,1-5H3/b14-11+. The Bertz CT molecular complexity index is 748. The highest BCUT2D eigenvalue weighted by atomic mass is 16.5. The summed E-state index contributed by atoms with van der Waals surface area (Å²) in [6.45, 7) is 4.27. The second kappa shape index (κ2) is 7.88. The van der Waals surface area contributed by atoms with Crippen LogP contribution in [0.4, 0.5) is 0 Å². The number of amides is 1. The van der Waals surface area contributed by atoms with Crippen LogP contribution in [0.3, 0.4) is 0 Å². The number of carbonyl (C=O) groups is 2. The zero-order chi connectivity index (χ0) is 18.6. The molecule has 134 valence electrons. The molecule has 1 aromatic rings. The molecule has 2 rings (SSSR count). The van der Waals surface area contributed by atoms with Gasteiger partial charge in [0.15, 0.2) is 11.5 Å².